The summed E-state index contributed by atoms with van der Waals surface area (Å²) in [6.07, 6.45) is 0. The summed E-state index contributed by atoms with van der Waals surface area (Å²) in [5.41, 5.74) is 0.937. The fourth-order valence-electron chi connectivity index (χ4n) is 0.748. The third-order valence-corrected chi connectivity index (χ3v) is 2.45. The van der Waals surface area contributed by atoms with Crippen LogP contribution in [-0.2, 0) is 14.5 Å². The van der Waals surface area contributed by atoms with Crippen LogP contribution in [0, 0.1) is 6.92 Å². The fourth-order valence-corrected chi connectivity index (χ4v) is 1.30. The highest BCUT2D eigenvalue weighted by atomic mass is 32.2. The molecule has 5 heteroatoms. The molecule has 0 heterocycles. The molecule has 0 atom stereocenters. The Morgan fingerprint density at radius 2 is 1.75 bits per heavy atom. The van der Waals surface area contributed by atoms with Gasteiger partial charge in [-0.2, -0.15) is 8.42 Å². The lowest BCUT2D eigenvalue weighted by Gasteiger charge is -1.98. The molecule has 0 bridgehead atoms. The van der Waals surface area contributed by atoms with E-state index in [1.54, 1.807) is 12.1 Å². The normalized spacial score (nSPS) is 11.5. The van der Waals surface area contributed by atoms with Gasteiger partial charge in [-0.05, 0) is 19.1 Å². The molecule has 0 fully saturated rings. The third-order valence-electron chi connectivity index (χ3n) is 1.41. The zero-order chi connectivity index (χ0) is 9.19. The standard InChI is InChI=1S/C7H8O4S/c1-6-2-4-7(5-3-6)12(9,10)11-8/h2-5,8H,1H3. The molecule has 66 valence electrons. The van der Waals surface area contributed by atoms with E-state index < -0.39 is 10.1 Å². The molecule has 1 N–H and O–H groups in total. The second-order valence-corrected chi connectivity index (χ2v) is 3.87. The van der Waals surface area contributed by atoms with Crippen LogP contribution in [0.25, 0.3) is 0 Å². The monoisotopic (exact) mass is 188 g/mol. The van der Waals surface area contributed by atoms with Crippen molar-refractivity contribution in [2.45, 2.75) is 11.8 Å². The molecule has 1 aromatic carbocycles. The zero-order valence-corrected chi connectivity index (χ0v) is 7.21. The van der Waals surface area contributed by atoms with E-state index in [0.717, 1.165) is 5.56 Å². The Morgan fingerprint density at radius 1 is 1.25 bits per heavy atom. The van der Waals surface area contributed by atoms with Crippen LogP contribution in [0.2, 0.25) is 0 Å². The minimum absolute atomic E-state index is 0.0596. The van der Waals surface area contributed by atoms with Gasteiger partial charge in [0.1, 0.15) is 0 Å². The van der Waals surface area contributed by atoms with E-state index >= 15 is 0 Å². The van der Waals surface area contributed by atoms with Crippen LogP contribution in [0.15, 0.2) is 29.2 Å². The largest absolute Gasteiger partial charge is 0.323 e. The van der Waals surface area contributed by atoms with Crippen LogP contribution in [0.1, 0.15) is 5.56 Å². The molecule has 1 rings (SSSR count). The van der Waals surface area contributed by atoms with E-state index in [0.29, 0.717) is 0 Å². The highest BCUT2D eigenvalue weighted by molar-refractivity contribution is 7.86. The number of hydrogen-bond donors (Lipinski definition) is 1. The van der Waals surface area contributed by atoms with Gasteiger partial charge >= 0.3 is 10.1 Å². The van der Waals surface area contributed by atoms with E-state index in [9.17, 15) is 8.42 Å². The SMILES string of the molecule is Cc1ccc(S(=O)(=O)OO)cc1. The highest BCUT2D eigenvalue weighted by Gasteiger charge is 2.13. The molecule has 0 amide bonds. The first-order chi connectivity index (χ1) is 5.56. The Labute approximate surface area is 70.5 Å². The van der Waals surface area contributed by atoms with Gasteiger partial charge in [-0.25, -0.2) is 5.26 Å². The van der Waals surface area contributed by atoms with Crippen LogP contribution >= 0.6 is 0 Å². The van der Waals surface area contributed by atoms with Crippen molar-refractivity contribution < 1.29 is 18.0 Å². The molecule has 0 saturated carbocycles. The molecule has 0 aliphatic heterocycles. The van der Waals surface area contributed by atoms with Gasteiger partial charge in [0.05, 0.1) is 4.90 Å². The summed E-state index contributed by atoms with van der Waals surface area (Å²) in [7, 11) is -3.96. The lowest BCUT2D eigenvalue weighted by molar-refractivity contribution is -0.130. The molecule has 1 aromatic rings. The topological polar surface area (TPSA) is 63.6 Å². The molecule has 0 aliphatic rings. The molecule has 0 saturated heterocycles. The predicted molar refractivity (Wildman–Crippen MR) is 42.1 cm³/mol. The van der Waals surface area contributed by atoms with Crippen molar-refractivity contribution in [2.75, 3.05) is 0 Å². The predicted octanol–water partition coefficient (Wildman–Crippen LogP) is 1.17. The summed E-state index contributed by atoms with van der Waals surface area (Å²) in [6.45, 7) is 1.83. The lowest BCUT2D eigenvalue weighted by atomic mass is 10.2. The van der Waals surface area contributed by atoms with Crippen LogP contribution in [-0.4, -0.2) is 13.7 Å². The fraction of sp³-hybridized carbons (Fsp3) is 0.143. The first-order valence-corrected chi connectivity index (χ1v) is 4.62. The van der Waals surface area contributed by atoms with Crippen LogP contribution in [0.3, 0.4) is 0 Å². The van der Waals surface area contributed by atoms with Crippen molar-refractivity contribution in [3.63, 3.8) is 0 Å². The van der Waals surface area contributed by atoms with Gasteiger partial charge in [-0.15, -0.1) is 4.33 Å². The quantitative estimate of drug-likeness (QED) is 0.559. The summed E-state index contributed by atoms with van der Waals surface area (Å²) in [4.78, 5) is -0.0596. The van der Waals surface area contributed by atoms with E-state index in [1.807, 2.05) is 6.92 Å². The molecule has 0 aromatic heterocycles. The van der Waals surface area contributed by atoms with Gasteiger partial charge in [0.2, 0.25) is 0 Å². The zero-order valence-electron chi connectivity index (χ0n) is 6.39. The van der Waals surface area contributed by atoms with Crippen molar-refractivity contribution in [3.05, 3.63) is 29.8 Å². The summed E-state index contributed by atoms with van der Waals surface area (Å²) in [5, 5.41) is 8.03. The van der Waals surface area contributed by atoms with Crippen molar-refractivity contribution in [2.24, 2.45) is 0 Å². The van der Waals surface area contributed by atoms with Gasteiger partial charge in [0.25, 0.3) is 0 Å². The van der Waals surface area contributed by atoms with Gasteiger partial charge < -0.3 is 0 Å². The number of hydrogen-bond acceptors (Lipinski definition) is 4. The molecular weight excluding hydrogens is 180 g/mol. The minimum Gasteiger partial charge on any atom is -0.235 e. The average molecular weight is 188 g/mol. The van der Waals surface area contributed by atoms with Crippen LogP contribution in [0.5, 0.6) is 0 Å². The average Bonchev–Trinajstić information content (AvgIpc) is 2.05. The summed E-state index contributed by atoms with van der Waals surface area (Å²) in [6, 6.07) is 5.96. The first kappa shape index (κ1) is 9.18. The number of benzene rings is 1. The minimum atomic E-state index is -3.96. The van der Waals surface area contributed by atoms with Crippen LogP contribution < -0.4 is 0 Å². The maximum atomic E-state index is 10.8. The van der Waals surface area contributed by atoms with Crippen LogP contribution in [0.4, 0.5) is 0 Å². The Hall–Kier alpha value is -0.910. The first-order valence-electron chi connectivity index (χ1n) is 3.21. The third kappa shape index (κ3) is 1.82. The Balaban J connectivity index is 3.14. The maximum Gasteiger partial charge on any atom is 0.323 e. The van der Waals surface area contributed by atoms with Gasteiger partial charge in [-0.3, -0.25) is 0 Å². The summed E-state index contributed by atoms with van der Waals surface area (Å²) in [5.74, 6) is 0. The van der Waals surface area contributed by atoms with E-state index in [2.05, 4.69) is 4.33 Å². The van der Waals surface area contributed by atoms with E-state index in [1.165, 1.54) is 12.1 Å². The van der Waals surface area contributed by atoms with Crippen molar-refractivity contribution in [1.29, 1.82) is 0 Å². The van der Waals surface area contributed by atoms with Gasteiger partial charge in [-0.1, -0.05) is 17.7 Å². The molecule has 12 heavy (non-hydrogen) atoms. The van der Waals surface area contributed by atoms with Crippen molar-refractivity contribution >= 4 is 10.1 Å². The Morgan fingerprint density at radius 3 is 2.17 bits per heavy atom. The summed E-state index contributed by atoms with van der Waals surface area (Å²) >= 11 is 0. The lowest BCUT2D eigenvalue weighted by Crippen LogP contribution is -2.02. The molecule has 0 radical (unpaired) electrons. The van der Waals surface area contributed by atoms with Gasteiger partial charge in [0, 0.05) is 0 Å². The number of rotatable bonds is 2. The molecular formula is C7H8O4S. The van der Waals surface area contributed by atoms with E-state index in [4.69, 9.17) is 5.26 Å². The second kappa shape index (κ2) is 3.22. The molecule has 0 spiro atoms. The molecule has 4 nitrogen and oxygen atoms in total. The molecule has 0 unspecified atom stereocenters. The number of aryl methyl sites for hydroxylation is 1. The van der Waals surface area contributed by atoms with Crippen molar-refractivity contribution in [3.8, 4) is 0 Å². The van der Waals surface area contributed by atoms with E-state index in [-0.39, 0.29) is 4.90 Å². The maximum absolute atomic E-state index is 10.8. The summed E-state index contributed by atoms with van der Waals surface area (Å²) < 4.78 is 25.0. The highest BCUT2D eigenvalue weighted by Crippen LogP contribution is 2.11. The van der Waals surface area contributed by atoms with Crippen molar-refractivity contribution in [1.82, 2.24) is 0 Å². The smallest absolute Gasteiger partial charge is 0.235 e. The Bertz CT molecular complexity index is 351. The van der Waals surface area contributed by atoms with Gasteiger partial charge in [0.15, 0.2) is 0 Å². The Kier molecular flexibility index (Phi) is 2.46. The molecule has 0 aliphatic carbocycles. The second-order valence-electron chi connectivity index (χ2n) is 2.34.